The minimum Gasteiger partial charge on any atom is -0.480 e. The number of hydrogen-bond donors (Lipinski definition) is 3. The average molecular weight is 270 g/mol. The molecule has 6 nitrogen and oxygen atoms in total. The van der Waals surface area contributed by atoms with Gasteiger partial charge in [0.2, 0.25) is 5.91 Å². The minimum absolute atomic E-state index is 0.423. The van der Waals surface area contributed by atoms with E-state index < -0.39 is 30.2 Å². The molecule has 2 amide bonds. The molecule has 18 heavy (non-hydrogen) atoms. The number of thiophene rings is 1. The number of carbonyl (C=O) groups is 3. The van der Waals surface area contributed by atoms with Crippen molar-refractivity contribution in [2.45, 2.75) is 25.8 Å². The number of nitrogens with one attached hydrogen (secondary N) is 1. The summed E-state index contributed by atoms with van der Waals surface area (Å²) >= 11 is 1.23. The summed E-state index contributed by atoms with van der Waals surface area (Å²) < 4.78 is 0. The first-order valence-corrected chi connectivity index (χ1v) is 6.22. The lowest BCUT2D eigenvalue weighted by atomic mass is 10.1. The van der Waals surface area contributed by atoms with E-state index in [0.717, 1.165) is 5.56 Å². The standard InChI is InChI=1S/C11H14N2O4S/c1-2-6-3-4-18-9(6)10(15)13-7(11(16)17)5-8(12)14/h3-4,7H,2,5H2,1H3,(H2,12,14)(H,13,15)(H,16,17). The molecule has 1 heterocycles. The molecule has 1 rings (SSSR count). The van der Waals surface area contributed by atoms with Gasteiger partial charge in [-0.15, -0.1) is 11.3 Å². The fourth-order valence-electron chi connectivity index (χ4n) is 1.44. The van der Waals surface area contributed by atoms with Crippen LogP contribution < -0.4 is 11.1 Å². The van der Waals surface area contributed by atoms with Crippen molar-refractivity contribution in [1.82, 2.24) is 5.32 Å². The maximum Gasteiger partial charge on any atom is 0.326 e. The van der Waals surface area contributed by atoms with Gasteiger partial charge in [0.25, 0.3) is 5.91 Å². The van der Waals surface area contributed by atoms with E-state index in [1.807, 2.05) is 13.0 Å². The van der Waals surface area contributed by atoms with E-state index in [1.165, 1.54) is 11.3 Å². The third-order valence-corrected chi connectivity index (χ3v) is 3.30. The Hall–Kier alpha value is -1.89. The van der Waals surface area contributed by atoms with Crippen LogP contribution in [0.15, 0.2) is 11.4 Å². The van der Waals surface area contributed by atoms with Gasteiger partial charge in [0.1, 0.15) is 6.04 Å². The van der Waals surface area contributed by atoms with Crippen LogP contribution in [0.5, 0.6) is 0 Å². The zero-order valence-electron chi connectivity index (χ0n) is 9.80. The molecule has 0 radical (unpaired) electrons. The molecule has 0 aromatic carbocycles. The molecule has 0 saturated carbocycles. The number of nitrogens with two attached hydrogens (primary N) is 1. The van der Waals surface area contributed by atoms with Crippen LogP contribution in [-0.2, 0) is 16.0 Å². The molecule has 0 saturated heterocycles. The van der Waals surface area contributed by atoms with Crippen LogP contribution in [0, 0.1) is 0 Å². The largest absolute Gasteiger partial charge is 0.480 e. The van der Waals surface area contributed by atoms with Crippen molar-refractivity contribution >= 4 is 29.1 Å². The number of carbonyl (C=O) groups excluding carboxylic acids is 2. The van der Waals surface area contributed by atoms with Gasteiger partial charge in [0, 0.05) is 0 Å². The normalized spacial score (nSPS) is 11.8. The second-order valence-electron chi connectivity index (χ2n) is 3.66. The van der Waals surface area contributed by atoms with Crippen LogP contribution in [0.2, 0.25) is 0 Å². The topological polar surface area (TPSA) is 109 Å². The molecule has 4 N–H and O–H groups in total. The van der Waals surface area contributed by atoms with E-state index in [2.05, 4.69) is 5.32 Å². The first-order chi connectivity index (χ1) is 8.45. The van der Waals surface area contributed by atoms with Crippen molar-refractivity contribution < 1.29 is 19.5 Å². The monoisotopic (exact) mass is 270 g/mol. The van der Waals surface area contributed by atoms with Crippen molar-refractivity contribution in [1.29, 1.82) is 0 Å². The Labute approximate surface area is 108 Å². The predicted octanol–water partition coefficient (Wildman–Crippen LogP) is 0.369. The highest BCUT2D eigenvalue weighted by atomic mass is 32.1. The molecule has 0 bridgehead atoms. The Morgan fingerprint density at radius 1 is 1.50 bits per heavy atom. The van der Waals surface area contributed by atoms with Crippen LogP contribution in [-0.4, -0.2) is 28.9 Å². The summed E-state index contributed by atoms with van der Waals surface area (Å²) in [7, 11) is 0. The lowest BCUT2D eigenvalue weighted by Crippen LogP contribution is -2.43. The average Bonchev–Trinajstić information content (AvgIpc) is 2.75. The number of carboxylic acid groups (broad SMARTS) is 1. The van der Waals surface area contributed by atoms with Gasteiger partial charge in [0.15, 0.2) is 0 Å². The Morgan fingerprint density at radius 3 is 2.67 bits per heavy atom. The van der Waals surface area contributed by atoms with E-state index in [-0.39, 0.29) is 0 Å². The summed E-state index contributed by atoms with van der Waals surface area (Å²) in [6.45, 7) is 1.90. The molecule has 98 valence electrons. The highest BCUT2D eigenvalue weighted by molar-refractivity contribution is 7.12. The van der Waals surface area contributed by atoms with E-state index in [0.29, 0.717) is 11.3 Å². The quantitative estimate of drug-likeness (QED) is 0.693. The van der Waals surface area contributed by atoms with Crippen molar-refractivity contribution in [3.05, 3.63) is 21.9 Å². The Balaban J connectivity index is 2.78. The first-order valence-electron chi connectivity index (χ1n) is 5.34. The second-order valence-corrected chi connectivity index (χ2v) is 4.58. The number of aliphatic carboxylic acids is 1. The van der Waals surface area contributed by atoms with Crippen LogP contribution in [0.1, 0.15) is 28.6 Å². The van der Waals surface area contributed by atoms with Gasteiger partial charge in [-0.1, -0.05) is 6.92 Å². The van der Waals surface area contributed by atoms with Gasteiger partial charge in [-0.05, 0) is 23.4 Å². The zero-order valence-corrected chi connectivity index (χ0v) is 10.6. The van der Waals surface area contributed by atoms with Crippen molar-refractivity contribution in [2.75, 3.05) is 0 Å². The van der Waals surface area contributed by atoms with E-state index >= 15 is 0 Å². The third-order valence-electron chi connectivity index (χ3n) is 2.34. The molecule has 0 aliphatic carbocycles. The Kier molecular flexibility index (Phi) is 4.85. The molecule has 1 aromatic heterocycles. The van der Waals surface area contributed by atoms with Gasteiger partial charge in [-0.3, -0.25) is 9.59 Å². The molecular weight excluding hydrogens is 256 g/mol. The molecular formula is C11H14N2O4S. The summed E-state index contributed by atoms with van der Waals surface area (Å²) in [5.74, 6) is -2.54. The number of carboxylic acids is 1. The van der Waals surface area contributed by atoms with Gasteiger partial charge < -0.3 is 16.2 Å². The summed E-state index contributed by atoms with van der Waals surface area (Å²) in [6.07, 6.45) is 0.258. The molecule has 0 aliphatic heterocycles. The van der Waals surface area contributed by atoms with Gasteiger partial charge >= 0.3 is 5.97 Å². The first kappa shape index (κ1) is 14.2. The molecule has 0 fully saturated rings. The van der Waals surface area contributed by atoms with E-state index in [9.17, 15) is 14.4 Å². The molecule has 1 aromatic rings. The maximum atomic E-state index is 11.9. The number of aryl methyl sites for hydroxylation is 1. The van der Waals surface area contributed by atoms with E-state index in [1.54, 1.807) is 5.38 Å². The van der Waals surface area contributed by atoms with Gasteiger partial charge in [-0.25, -0.2) is 4.79 Å². The Bertz CT molecular complexity index is 469. The molecule has 7 heteroatoms. The molecule has 1 atom stereocenters. The van der Waals surface area contributed by atoms with Crippen LogP contribution >= 0.6 is 11.3 Å². The fraction of sp³-hybridized carbons (Fsp3) is 0.364. The summed E-state index contributed by atoms with van der Waals surface area (Å²) in [6, 6.07) is 0.519. The minimum atomic E-state index is -1.29. The maximum absolute atomic E-state index is 11.9. The van der Waals surface area contributed by atoms with Gasteiger partial charge in [-0.2, -0.15) is 0 Å². The zero-order chi connectivity index (χ0) is 13.7. The van der Waals surface area contributed by atoms with Crippen LogP contribution in [0.4, 0.5) is 0 Å². The fourth-order valence-corrected chi connectivity index (χ4v) is 2.34. The number of hydrogen-bond acceptors (Lipinski definition) is 4. The summed E-state index contributed by atoms with van der Waals surface area (Å²) in [5, 5.41) is 12.9. The van der Waals surface area contributed by atoms with Crippen molar-refractivity contribution in [2.24, 2.45) is 5.73 Å². The smallest absolute Gasteiger partial charge is 0.326 e. The second kappa shape index (κ2) is 6.15. The molecule has 1 unspecified atom stereocenters. The Morgan fingerprint density at radius 2 is 2.17 bits per heavy atom. The highest BCUT2D eigenvalue weighted by Gasteiger charge is 2.24. The SMILES string of the molecule is CCc1ccsc1C(=O)NC(CC(N)=O)C(=O)O. The van der Waals surface area contributed by atoms with Gasteiger partial charge in [0.05, 0.1) is 11.3 Å². The van der Waals surface area contributed by atoms with E-state index in [4.69, 9.17) is 10.8 Å². The summed E-state index contributed by atoms with van der Waals surface area (Å²) in [4.78, 5) is 33.9. The molecule has 0 spiro atoms. The number of primary amides is 1. The van der Waals surface area contributed by atoms with Crippen molar-refractivity contribution in [3.8, 4) is 0 Å². The number of rotatable bonds is 6. The van der Waals surface area contributed by atoms with Crippen molar-refractivity contribution in [3.63, 3.8) is 0 Å². The lowest BCUT2D eigenvalue weighted by molar-refractivity contribution is -0.140. The van der Waals surface area contributed by atoms with Crippen LogP contribution in [0.25, 0.3) is 0 Å². The number of amides is 2. The predicted molar refractivity (Wildman–Crippen MR) is 66.4 cm³/mol. The lowest BCUT2D eigenvalue weighted by Gasteiger charge is -2.12. The summed E-state index contributed by atoms with van der Waals surface area (Å²) in [5.41, 5.74) is 5.78. The highest BCUT2D eigenvalue weighted by Crippen LogP contribution is 2.17. The molecule has 0 aliphatic rings. The van der Waals surface area contributed by atoms with Crippen LogP contribution in [0.3, 0.4) is 0 Å². The third kappa shape index (κ3) is 3.56.